The number of nitrogens with one attached hydrogen (secondary N) is 1. The fraction of sp³-hybridized carbons (Fsp3) is 0.625. The second kappa shape index (κ2) is 5.39. The average molecular weight is 344 g/mol. The SMILES string of the molecule is CNC(c1cccc(Br)c1F)C1CC(C)(C)OC1(C)C. The van der Waals surface area contributed by atoms with Crippen LogP contribution in [0.15, 0.2) is 22.7 Å². The molecule has 20 heavy (non-hydrogen) atoms. The van der Waals surface area contributed by atoms with E-state index in [4.69, 9.17) is 4.74 Å². The van der Waals surface area contributed by atoms with Crippen LogP contribution in [0.3, 0.4) is 0 Å². The molecular formula is C16H23BrFNO. The van der Waals surface area contributed by atoms with E-state index >= 15 is 0 Å². The predicted octanol–water partition coefficient (Wildman–Crippen LogP) is 4.44. The van der Waals surface area contributed by atoms with Crippen LogP contribution in [0.1, 0.15) is 45.7 Å². The van der Waals surface area contributed by atoms with Gasteiger partial charge in [0.15, 0.2) is 0 Å². The molecule has 2 unspecified atom stereocenters. The first-order chi connectivity index (χ1) is 9.18. The molecule has 0 amide bonds. The summed E-state index contributed by atoms with van der Waals surface area (Å²) in [5.41, 5.74) is 0.235. The first-order valence-corrected chi connectivity index (χ1v) is 7.78. The van der Waals surface area contributed by atoms with Crippen molar-refractivity contribution >= 4 is 15.9 Å². The molecule has 0 saturated carbocycles. The lowest BCUT2D eigenvalue weighted by atomic mass is 9.79. The fourth-order valence-electron chi connectivity index (χ4n) is 3.46. The van der Waals surface area contributed by atoms with Crippen LogP contribution in [-0.4, -0.2) is 18.2 Å². The maximum absolute atomic E-state index is 14.4. The summed E-state index contributed by atoms with van der Waals surface area (Å²) in [7, 11) is 1.88. The summed E-state index contributed by atoms with van der Waals surface area (Å²) in [4.78, 5) is 0. The van der Waals surface area contributed by atoms with Crippen molar-refractivity contribution in [2.75, 3.05) is 7.05 Å². The van der Waals surface area contributed by atoms with Crippen molar-refractivity contribution < 1.29 is 9.13 Å². The van der Waals surface area contributed by atoms with Crippen molar-refractivity contribution in [1.82, 2.24) is 5.32 Å². The number of halogens is 2. The van der Waals surface area contributed by atoms with Gasteiger partial charge in [0.05, 0.1) is 15.7 Å². The van der Waals surface area contributed by atoms with Crippen molar-refractivity contribution in [2.45, 2.75) is 51.4 Å². The van der Waals surface area contributed by atoms with Gasteiger partial charge in [-0.2, -0.15) is 0 Å². The summed E-state index contributed by atoms with van der Waals surface area (Å²) >= 11 is 3.27. The third-order valence-corrected chi connectivity index (χ3v) is 4.79. The first kappa shape index (κ1) is 15.9. The van der Waals surface area contributed by atoms with Crippen molar-refractivity contribution in [3.63, 3.8) is 0 Å². The van der Waals surface area contributed by atoms with E-state index in [9.17, 15) is 4.39 Å². The molecule has 0 spiro atoms. The van der Waals surface area contributed by atoms with Crippen LogP contribution in [0.2, 0.25) is 0 Å². The van der Waals surface area contributed by atoms with Crippen LogP contribution < -0.4 is 5.32 Å². The minimum atomic E-state index is -0.286. The lowest BCUT2D eigenvalue weighted by Crippen LogP contribution is -2.37. The molecule has 1 saturated heterocycles. The van der Waals surface area contributed by atoms with Gasteiger partial charge in [0.25, 0.3) is 0 Å². The number of benzene rings is 1. The molecule has 0 bridgehead atoms. The standard InChI is InChI=1S/C16H23BrFNO/c1-15(2)9-11(16(3,4)20-15)14(19-5)10-7-6-8-12(17)13(10)18/h6-8,11,14,19H,9H2,1-5H3. The van der Waals surface area contributed by atoms with E-state index < -0.39 is 0 Å². The van der Waals surface area contributed by atoms with Crippen molar-refractivity contribution in [3.05, 3.63) is 34.1 Å². The maximum atomic E-state index is 14.4. The molecular weight excluding hydrogens is 321 g/mol. The number of hydrogen-bond donors (Lipinski definition) is 1. The maximum Gasteiger partial charge on any atom is 0.142 e. The molecule has 1 aliphatic heterocycles. The molecule has 0 radical (unpaired) electrons. The van der Waals surface area contributed by atoms with Gasteiger partial charge in [0.1, 0.15) is 5.82 Å². The van der Waals surface area contributed by atoms with E-state index in [0.717, 1.165) is 6.42 Å². The minimum absolute atomic E-state index is 0.0655. The van der Waals surface area contributed by atoms with Crippen molar-refractivity contribution in [3.8, 4) is 0 Å². The highest BCUT2D eigenvalue weighted by atomic mass is 79.9. The van der Waals surface area contributed by atoms with Crippen molar-refractivity contribution in [2.24, 2.45) is 5.92 Å². The second-order valence-corrected chi connectivity index (χ2v) is 7.54. The minimum Gasteiger partial charge on any atom is -0.369 e. The van der Waals surface area contributed by atoms with Gasteiger partial charge in [-0.1, -0.05) is 12.1 Å². The zero-order valence-corrected chi connectivity index (χ0v) is 14.3. The van der Waals surface area contributed by atoms with Crippen LogP contribution in [0, 0.1) is 11.7 Å². The third kappa shape index (κ3) is 2.92. The van der Waals surface area contributed by atoms with E-state index in [1.165, 1.54) is 0 Å². The molecule has 1 aromatic rings. The molecule has 1 fully saturated rings. The Labute approximate surface area is 129 Å². The highest BCUT2D eigenvalue weighted by Gasteiger charge is 2.49. The Balaban J connectivity index is 2.40. The Kier molecular flexibility index (Phi) is 4.30. The quantitative estimate of drug-likeness (QED) is 0.875. The normalized spacial score (nSPS) is 25.6. The monoisotopic (exact) mass is 343 g/mol. The van der Waals surface area contributed by atoms with Gasteiger partial charge in [0.2, 0.25) is 0 Å². The Morgan fingerprint density at radius 2 is 2.00 bits per heavy atom. The number of rotatable bonds is 3. The molecule has 0 aromatic heterocycles. The summed E-state index contributed by atoms with van der Waals surface area (Å²) in [6.45, 7) is 8.37. The zero-order valence-electron chi connectivity index (χ0n) is 12.8. The zero-order chi connectivity index (χ0) is 15.1. The summed E-state index contributed by atoms with van der Waals surface area (Å²) in [5, 5.41) is 3.28. The molecule has 4 heteroatoms. The van der Waals surface area contributed by atoms with Crippen molar-refractivity contribution in [1.29, 1.82) is 0 Å². The summed E-state index contributed by atoms with van der Waals surface area (Å²) < 4.78 is 21.1. The molecule has 1 aromatic carbocycles. The number of ether oxygens (including phenoxy) is 1. The summed E-state index contributed by atoms with van der Waals surface area (Å²) in [6.07, 6.45) is 0.900. The van der Waals surface area contributed by atoms with Crippen LogP contribution in [0.25, 0.3) is 0 Å². The summed E-state index contributed by atoms with van der Waals surface area (Å²) in [6, 6.07) is 5.39. The second-order valence-electron chi connectivity index (χ2n) is 6.69. The van der Waals surface area contributed by atoms with Crippen LogP contribution in [0.4, 0.5) is 4.39 Å². The largest absolute Gasteiger partial charge is 0.369 e. The Morgan fingerprint density at radius 3 is 2.50 bits per heavy atom. The Morgan fingerprint density at radius 1 is 1.35 bits per heavy atom. The first-order valence-electron chi connectivity index (χ1n) is 6.99. The molecule has 1 N–H and O–H groups in total. The van der Waals surface area contributed by atoms with Gasteiger partial charge in [0, 0.05) is 17.5 Å². The molecule has 2 atom stereocenters. The third-order valence-electron chi connectivity index (χ3n) is 4.17. The van der Waals surface area contributed by atoms with E-state index in [0.29, 0.717) is 10.0 Å². The Bertz CT molecular complexity index is 501. The van der Waals surface area contributed by atoms with E-state index in [2.05, 4.69) is 48.9 Å². The van der Waals surface area contributed by atoms with Gasteiger partial charge in [-0.15, -0.1) is 0 Å². The number of hydrogen-bond acceptors (Lipinski definition) is 2. The van der Waals surface area contributed by atoms with Crippen LogP contribution in [0.5, 0.6) is 0 Å². The predicted molar refractivity (Wildman–Crippen MR) is 83.3 cm³/mol. The molecule has 112 valence electrons. The lowest BCUT2D eigenvalue weighted by Gasteiger charge is -2.33. The van der Waals surface area contributed by atoms with Gasteiger partial charge < -0.3 is 10.1 Å². The average Bonchev–Trinajstić information content (AvgIpc) is 2.54. The van der Waals surface area contributed by atoms with Crippen LogP contribution in [-0.2, 0) is 4.74 Å². The van der Waals surface area contributed by atoms with Gasteiger partial charge in [-0.25, -0.2) is 4.39 Å². The highest BCUT2D eigenvalue weighted by molar-refractivity contribution is 9.10. The van der Waals surface area contributed by atoms with Gasteiger partial charge >= 0.3 is 0 Å². The fourth-order valence-corrected chi connectivity index (χ4v) is 3.84. The topological polar surface area (TPSA) is 21.3 Å². The van der Waals surface area contributed by atoms with E-state index in [-0.39, 0.29) is 29.0 Å². The van der Waals surface area contributed by atoms with Crippen LogP contribution >= 0.6 is 15.9 Å². The molecule has 1 aliphatic rings. The molecule has 2 nitrogen and oxygen atoms in total. The summed E-state index contributed by atoms with van der Waals surface area (Å²) in [5.74, 6) is 0.0265. The Hall–Kier alpha value is -0.450. The van der Waals surface area contributed by atoms with E-state index in [1.807, 2.05) is 19.2 Å². The highest BCUT2D eigenvalue weighted by Crippen LogP contribution is 2.48. The lowest BCUT2D eigenvalue weighted by molar-refractivity contribution is -0.0777. The smallest absolute Gasteiger partial charge is 0.142 e. The van der Waals surface area contributed by atoms with E-state index in [1.54, 1.807) is 6.07 Å². The molecule has 0 aliphatic carbocycles. The van der Waals surface area contributed by atoms with Gasteiger partial charge in [-0.3, -0.25) is 0 Å². The van der Waals surface area contributed by atoms with Gasteiger partial charge in [-0.05, 0) is 63.2 Å². The molecule has 1 heterocycles. The molecule has 2 rings (SSSR count).